The van der Waals surface area contributed by atoms with Gasteiger partial charge in [0, 0.05) is 22.9 Å². The molecule has 0 amide bonds. The molecule has 308 valence electrons. The van der Waals surface area contributed by atoms with Crippen molar-refractivity contribution in [3.05, 3.63) is 0 Å². The molecule has 0 fully saturated rings. The summed E-state index contributed by atoms with van der Waals surface area (Å²) in [5.74, 6) is 6.25. The number of unbranched alkanes of at least 4 members (excludes halogenated alkanes) is 4. The van der Waals surface area contributed by atoms with Gasteiger partial charge in [-0.2, -0.15) is 0 Å². The average Bonchev–Trinajstić information content (AvgIpc) is 2.99. The first-order valence-electron chi connectivity index (χ1n) is 22.3. The molecule has 0 aliphatic carbocycles. The maximum absolute atomic E-state index is 6.72. The summed E-state index contributed by atoms with van der Waals surface area (Å²) in [6.45, 7) is 30.3. The van der Waals surface area contributed by atoms with E-state index in [2.05, 4.69) is 115 Å². The summed E-state index contributed by atoms with van der Waals surface area (Å²) >= 11 is 7.49. The maximum Gasteiger partial charge on any atom is 0.160 e. The van der Waals surface area contributed by atoms with Gasteiger partial charge in [0.25, 0.3) is 0 Å². The maximum atomic E-state index is 6.72. The van der Waals surface area contributed by atoms with Gasteiger partial charge in [-0.1, -0.05) is 153 Å². The molecule has 0 bridgehead atoms. The monoisotopic (exact) mass is 851 g/mol. The normalized spacial score (nSPS) is 19.4. The second-order valence-corrected chi connectivity index (χ2v) is 21.4. The van der Waals surface area contributed by atoms with E-state index in [4.69, 9.17) is 14.2 Å². The topological polar surface area (TPSA) is 27.7 Å². The number of hydrogen-bond acceptors (Lipinski definition) is 3. The van der Waals surface area contributed by atoms with Crippen molar-refractivity contribution >= 4 is 31.9 Å². The quantitative estimate of drug-likeness (QED) is 0.0357. The van der Waals surface area contributed by atoms with E-state index in [9.17, 15) is 0 Å². The van der Waals surface area contributed by atoms with Crippen molar-refractivity contribution in [1.29, 1.82) is 0 Å². The zero-order valence-corrected chi connectivity index (χ0v) is 39.6. The van der Waals surface area contributed by atoms with Gasteiger partial charge in [0.05, 0.1) is 0 Å². The lowest BCUT2D eigenvalue weighted by Gasteiger charge is -2.27. The summed E-state index contributed by atoms with van der Waals surface area (Å²) in [5.41, 5.74) is 0. The molecule has 0 aliphatic rings. The van der Waals surface area contributed by atoms with Crippen LogP contribution in [0.4, 0.5) is 0 Å². The van der Waals surface area contributed by atoms with Crippen LogP contribution in [0.25, 0.3) is 0 Å². The van der Waals surface area contributed by atoms with E-state index in [0.29, 0.717) is 9.65 Å². The Balaban J connectivity index is 5.00. The van der Waals surface area contributed by atoms with Crippen LogP contribution in [-0.4, -0.2) is 35.4 Å². The first kappa shape index (κ1) is 51.8. The molecule has 0 aromatic rings. The van der Waals surface area contributed by atoms with Crippen LogP contribution in [0.2, 0.25) is 0 Å². The molecule has 0 aromatic heterocycles. The van der Waals surface area contributed by atoms with Gasteiger partial charge in [0.2, 0.25) is 0 Å². The third-order valence-electron chi connectivity index (χ3n) is 11.0. The molecule has 12 atom stereocenters. The molecule has 0 heterocycles. The van der Waals surface area contributed by atoms with E-state index < -0.39 is 0 Å². The van der Waals surface area contributed by atoms with Crippen LogP contribution in [-0.2, 0) is 14.2 Å². The summed E-state index contributed by atoms with van der Waals surface area (Å²) in [6, 6.07) is 0. The lowest BCUT2D eigenvalue weighted by molar-refractivity contribution is -0.250. The van der Waals surface area contributed by atoms with E-state index in [1.54, 1.807) is 0 Å². The van der Waals surface area contributed by atoms with Crippen LogP contribution in [0.5, 0.6) is 0 Å². The van der Waals surface area contributed by atoms with Gasteiger partial charge < -0.3 is 14.2 Å². The van der Waals surface area contributed by atoms with Gasteiger partial charge >= 0.3 is 0 Å². The first-order valence-corrected chi connectivity index (χ1v) is 24.1. The van der Waals surface area contributed by atoms with Crippen LogP contribution in [0.3, 0.4) is 0 Å². The van der Waals surface area contributed by atoms with Gasteiger partial charge in [-0.05, 0) is 137 Å². The largest absolute Gasteiger partial charge is 0.353 e. The van der Waals surface area contributed by atoms with E-state index in [-0.39, 0.29) is 12.6 Å². The Morgan fingerprint density at radius 1 is 0.353 bits per heavy atom. The van der Waals surface area contributed by atoms with Crippen molar-refractivity contribution in [2.75, 3.05) is 13.2 Å². The average molecular weight is 853 g/mol. The molecule has 0 aromatic carbocycles. The highest BCUT2D eigenvalue weighted by Crippen LogP contribution is 2.30. The minimum absolute atomic E-state index is 0.158. The highest BCUT2D eigenvalue weighted by atomic mass is 79.9. The van der Waals surface area contributed by atoms with Gasteiger partial charge in [0.1, 0.15) is 0 Å². The highest BCUT2D eigenvalue weighted by Gasteiger charge is 2.21. The Kier molecular flexibility index (Phi) is 33.6. The molecule has 0 rings (SSSR count). The molecule has 0 spiro atoms. The Morgan fingerprint density at radius 2 is 0.647 bits per heavy atom. The molecule has 5 heteroatoms. The first-order chi connectivity index (χ1) is 24.1. The molecule has 51 heavy (non-hydrogen) atoms. The standard InChI is InChI=1S/C46H92Br2O3/c1-13-15-17-25-49-45(23-19-21-35(3)27-37(5)29-39(7)31-41(9)33-43(11)47)51-46(50-26-18-16-14-2)24-20-22-36(4)28-38(6)30-40(8)32-42(10)34-44(12)48/h35-46H,13-34H2,1-12H3. The minimum atomic E-state index is -0.158. The highest BCUT2D eigenvalue weighted by molar-refractivity contribution is 9.09. The molecule has 0 radical (unpaired) electrons. The fourth-order valence-electron chi connectivity index (χ4n) is 8.99. The van der Waals surface area contributed by atoms with Crippen LogP contribution in [0, 0.1) is 47.3 Å². The summed E-state index contributed by atoms with van der Waals surface area (Å²) in [7, 11) is 0. The Bertz CT molecular complexity index is 688. The molecular formula is C46H92Br2O3. The lowest BCUT2D eigenvalue weighted by Crippen LogP contribution is -2.28. The predicted octanol–water partition coefficient (Wildman–Crippen LogP) is 16.2. The minimum Gasteiger partial charge on any atom is -0.353 e. The van der Waals surface area contributed by atoms with Crippen molar-refractivity contribution in [3.63, 3.8) is 0 Å². The predicted molar refractivity (Wildman–Crippen MR) is 234 cm³/mol. The molecule has 0 saturated heterocycles. The Hall–Kier alpha value is 0.840. The summed E-state index contributed by atoms with van der Waals surface area (Å²) < 4.78 is 19.6. The molecule has 3 nitrogen and oxygen atoms in total. The van der Waals surface area contributed by atoms with E-state index in [1.165, 1.54) is 89.9 Å². The van der Waals surface area contributed by atoms with Crippen LogP contribution in [0.1, 0.15) is 212 Å². The zero-order chi connectivity index (χ0) is 38.6. The summed E-state index contributed by atoms with van der Waals surface area (Å²) in [4.78, 5) is 1.24. The van der Waals surface area contributed by atoms with Crippen molar-refractivity contribution in [1.82, 2.24) is 0 Å². The fraction of sp³-hybridized carbons (Fsp3) is 1.00. The second kappa shape index (κ2) is 33.0. The summed E-state index contributed by atoms with van der Waals surface area (Å²) in [5, 5.41) is 0. The van der Waals surface area contributed by atoms with Crippen molar-refractivity contribution < 1.29 is 14.2 Å². The van der Waals surface area contributed by atoms with Crippen molar-refractivity contribution in [2.24, 2.45) is 47.3 Å². The number of ether oxygens (including phenoxy) is 3. The van der Waals surface area contributed by atoms with E-state index in [1.807, 2.05) is 0 Å². The van der Waals surface area contributed by atoms with Gasteiger partial charge in [-0.15, -0.1) is 0 Å². The van der Waals surface area contributed by atoms with Gasteiger partial charge in [-0.25, -0.2) is 0 Å². The summed E-state index contributed by atoms with van der Waals surface area (Å²) in [6.07, 6.45) is 24.1. The van der Waals surface area contributed by atoms with Crippen molar-refractivity contribution in [3.8, 4) is 0 Å². The Morgan fingerprint density at radius 3 is 0.941 bits per heavy atom. The van der Waals surface area contributed by atoms with Crippen LogP contribution >= 0.6 is 31.9 Å². The number of halogens is 2. The van der Waals surface area contributed by atoms with Gasteiger partial charge in [0.15, 0.2) is 12.6 Å². The lowest BCUT2D eigenvalue weighted by atomic mass is 9.83. The fourth-order valence-corrected chi connectivity index (χ4v) is 10.3. The van der Waals surface area contributed by atoms with E-state index >= 15 is 0 Å². The molecule has 0 saturated carbocycles. The van der Waals surface area contributed by atoms with E-state index in [0.717, 1.165) is 99.1 Å². The SMILES string of the molecule is CCCCCOC(CCCC(C)CC(C)CC(C)CC(C)CC(C)Br)OC(CCCC(C)CC(C)CC(C)CC(C)CC(C)Br)OCCCCC. The van der Waals surface area contributed by atoms with Crippen molar-refractivity contribution in [2.45, 2.75) is 234 Å². The number of rotatable bonds is 36. The Labute approximate surface area is 338 Å². The molecule has 12 unspecified atom stereocenters. The van der Waals surface area contributed by atoms with Crippen LogP contribution < -0.4 is 0 Å². The third kappa shape index (κ3) is 32.8. The second-order valence-electron chi connectivity index (χ2n) is 18.3. The molecule has 0 N–H and O–H groups in total. The third-order valence-corrected chi connectivity index (χ3v) is 11.7. The van der Waals surface area contributed by atoms with Gasteiger partial charge in [-0.3, -0.25) is 0 Å². The zero-order valence-electron chi connectivity index (χ0n) is 36.5. The smallest absolute Gasteiger partial charge is 0.160 e. The van der Waals surface area contributed by atoms with Crippen LogP contribution in [0.15, 0.2) is 0 Å². The number of hydrogen-bond donors (Lipinski definition) is 0. The molecular weight excluding hydrogens is 760 g/mol. The number of alkyl halides is 2. The molecule has 0 aliphatic heterocycles.